The van der Waals surface area contributed by atoms with Gasteiger partial charge in [0.05, 0.1) is 18.6 Å². The van der Waals surface area contributed by atoms with Crippen LogP contribution in [0.5, 0.6) is 0 Å². The molecule has 26 heavy (non-hydrogen) atoms. The van der Waals surface area contributed by atoms with Gasteiger partial charge in [-0.25, -0.2) is 0 Å². The summed E-state index contributed by atoms with van der Waals surface area (Å²) in [4.78, 5) is 22.3. The molecule has 0 saturated heterocycles. The number of carboxylic acid groups (broad SMARTS) is 2. The van der Waals surface area contributed by atoms with Crippen molar-refractivity contribution in [2.45, 2.75) is 96.5 Å². The topological polar surface area (TPSA) is 115 Å². The summed E-state index contributed by atoms with van der Waals surface area (Å²) in [5.74, 6) is -2.77. The van der Waals surface area contributed by atoms with E-state index in [1.807, 2.05) is 0 Å². The molecule has 0 aromatic carbocycles. The molecule has 0 aromatic heterocycles. The van der Waals surface area contributed by atoms with Crippen LogP contribution >= 0.6 is 0 Å². The number of unbranched alkanes of at least 4 members (excludes halogenated alkanes) is 7. The first-order chi connectivity index (χ1) is 12.4. The van der Waals surface area contributed by atoms with Gasteiger partial charge in [0, 0.05) is 6.42 Å². The first-order valence-electron chi connectivity index (χ1n) is 10.2. The van der Waals surface area contributed by atoms with E-state index in [1.54, 1.807) is 0 Å². The molecule has 0 bridgehead atoms. The van der Waals surface area contributed by atoms with Gasteiger partial charge in [0.25, 0.3) is 0 Å². The Hall–Kier alpha value is -1.14. The highest BCUT2D eigenvalue weighted by Crippen LogP contribution is 2.29. The van der Waals surface area contributed by atoms with E-state index in [9.17, 15) is 19.8 Å². The van der Waals surface area contributed by atoms with E-state index in [0.717, 1.165) is 19.3 Å². The minimum atomic E-state index is -0.940. The van der Waals surface area contributed by atoms with E-state index in [0.29, 0.717) is 19.3 Å². The first-order valence-corrected chi connectivity index (χ1v) is 10.2. The quantitative estimate of drug-likeness (QED) is 0.271. The molecule has 0 aliphatic rings. The molecular formula is C20H38O6. The lowest BCUT2D eigenvalue weighted by atomic mass is 9.80. The highest BCUT2D eigenvalue weighted by atomic mass is 16.4. The zero-order chi connectivity index (χ0) is 19.8. The molecule has 3 unspecified atom stereocenters. The predicted octanol–water partition coefficient (Wildman–Crippen LogP) is 3.83. The summed E-state index contributed by atoms with van der Waals surface area (Å²) in [5.41, 5.74) is 0. The Balaban J connectivity index is 4.41. The summed E-state index contributed by atoms with van der Waals surface area (Å²) >= 11 is 0. The van der Waals surface area contributed by atoms with E-state index in [2.05, 4.69) is 6.92 Å². The summed E-state index contributed by atoms with van der Waals surface area (Å²) in [5, 5.41) is 37.1. The molecule has 0 radical (unpaired) electrons. The number of carboxylic acids is 2. The van der Waals surface area contributed by atoms with Crippen LogP contribution in [0.4, 0.5) is 0 Å². The van der Waals surface area contributed by atoms with Crippen molar-refractivity contribution in [2.24, 2.45) is 11.8 Å². The lowest BCUT2D eigenvalue weighted by Crippen LogP contribution is -2.28. The van der Waals surface area contributed by atoms with Gasteiger partial charge in [-0.1, -0.05) is 58.3 Å². The number of carbonyl (C=O) groups is 2. The molecule has 0 heterocycles. The van der Waals surface area contributed by atoms with Crippen molar-refractivity contribution in [1.82, 2.24) is 0 Å². The van der Waals surface area contributed by atoms with Gasteiger partial charge in [-0.2, -0.15) is 0 Å². The fourth-order valence-electron chi connectivity index (χ4n) is 3.48. The molecule has 4 N–H and O–H groups in total. The summed E-state index contributed by atoms with van der Waals surface area (Å²) in [6.07, 6.45) is 9.88. The average molecular weight is 375 g/mol. The third kappa shape index (κ3) is 13.1. The molecule has 6 nitrogen and oxygen atoms in total. The minimum Gasteiger partial charge on any atom is -0.481 e. The lowest BCUT2D eigenvalue weighted by Gasteiger charge is -2.25. The highest BCUT2D eigenvalue weighted by molar-refractivity contribution is 5.70. The normalized spacial score (nSPS) is 14.7. The molecule has 0 spiro atoms. The predicted molar refractivity (Wildman–Crippen MR) is 101 cm³/mol. The lowest BCUT2D eigenvalue weighted by molar-refractivity contribution is -0.145. The van der Waals surface area contributed by atoms with Crippen molar-refractivity contribution < 1.29 is 30.0 Å². The fourth-order valence-corrected chi connectivity index (χ4v) is 3.48. The van der Waals surface area contributed by atoms with Crippen molar-refractivity contribution in [3.05, 3.63) is 0 Å². The molecule has 0 fully saturated rings. The maximum atomic E-state index is 11.6. The maximum Gasteiger partial charge on any atom is 0.306 e. The largest absolute Gasteiger partial charge is 0.481 e. The van der Waals surface area contributed by atoms with Crippen molar-refractivity contribution in [3.63, 3.8) is 0 Å². The van der Waals surface area contributed by atoms with E-state index in [-0.39, 0.29) is 25.4 Å². The number of aliphatic hydroxyl groups excluding tert-OH is 2. The Labute approximate surface area is 157 Å². The van der Waals surface area contributed by atoms with Gasteiger partial charge in [0.15, 0.2) is 0 Å². The zero-order valence-electron chi connectivity index (χ0n) is 16.2. The molecule has 154 valence electrons. The maximum absolute atomic E-state index is 11.6. The van der Waals surface area contributed by atoms with E-state index < -0.39 is 24.0 Å². The third-order valence-electron chi connectivity index (χ3n) is 5.01. The first kappa shape index (κ1) is 24.9. The molecule has 0 aromatic rings. The summed E-state index contributed by atoms with van der Waals surface area (Å²) < 4.78 is 0. The van der Waals surface area contributed by atoms with E-state index in [1.165, 1.54) is 32.1 Å². The highest BCUT2D eigenvalue weighted by Gasteiger charge is 2.29. The van der Waals surface area contributed by atoms with Crippen LogP contribution in [0.2, 0.25) is 0 Å². The van der Waals surface area contributed by atoms with Crippen LogP contribution in [0.25, 0.3) is 0 Å². The monoisotopic (exact) mass is 374 g/mol. The molecule has 0 rings (SSSR count). The van der Waals surface area contributed by atoms with Crippen LogP contribution < -0.4 is 0 Å². The van der Waals surface area contributed by atoms with Gasteiger partial charge >= 0.3 is 11.9 Å². The van der Waals surface area contributed by atoms with Crippen LogP contribution in [0, 0.1) is 11.8 Å². The van der Waals surface area contributed by atoms with Crippen molar-refractivity contribution >= 4 is 11.9 Å². The van der Waals surface area contributed by atoms with Crippen molar-refractivity contribution in [3.8, 4) is 0 Å². The van der Waals surface area contributed by atoms with Crippen molar-refractivity contribution in [2.75, 3.05) is 6.61 Å². The van der Waals surface area contributed by atoms with Crippen LogP contribution in [-0.2, 0) is 9.59 Å². The molecule has 0 aliphatic carbocycles. The van der Waals surface area contributed by atoms with Crippen LogP contribution in [0.1, 0.15) is 90.4 Å². The third-order valence-corrected chi connectivity index (χ3v) is 5.01. The second kappa shape index (κ2) is 16.1. The van der Waals surface area contributed by atoms with Crippen LogP contribution in [0.3, 0.4) is 0 Å². The second-order valence-corrected chi connectivity index (χ2v) is 7.33. The molecule has 6 heteroatoms. The Morgan fingerprint density at radius 3 is 1.92 bits per heavy atom. The Morgan fingerprint density at radius 1 is 0.846 bits per heavy atom. The Kier molecular flexibility index (Phi) is 15.4. The molecule has 0 amide bonds. The number of rotatable bonds is 18. The molecule has 0 saturated carbocycles. The molecular weight excluding hydrogens is 336 g/mol. The van der Waals surface area contributed by atoms with Gasteiger partial charge in [0.2, 0.25) is 0 Å². The zero-order valence-corrected chi connectivity index (χ0v) is 16.2. The van der Waals surface area contributed by atoms with E-state index in [4.69, 9.17) is 10.2 Å². The smallest absolute Gasteiger partial charge is 0.306 e. The number of hydrogen-bond donors (Lipinski definition) is 4. The summed E-state index contributed by atoms with van der Waals surface area (Å²) in [6.45, 7) is 1.81. The minimum absolute atomic E-state index is 0.0448. The second-order valence-electron chi connectivity index (χ2n) is 7.33. The van der Waals surface area contributed by atoms with Gasteiger partial charge in [-0.15, -0.1) is 0 Å². The van der Waals surface area contributed by atoms with Gasteiger partial charge in [0.1, 0.15) is 0 Å². The SMILES string of the molecule is CCCCCCCCCCC(CC(O)CO)C(CCCC(=O)O)C(=O)O. The standard InChI is InChI=1S/C20H38O6/c1-2-3-4-5-6-7-8-9-11-16(14-17(22)15-21)18(20(25)26)12-10-13-19(23)24/h16-18,21-22H,2-15H2,1H3,(H,23,24)(H,25,26). The molecule has 3 atom stereocenters. The van der Waals surface area contributed by atoms with Crippen molar-refractivity contribution in [1.29, 1.82) is 0 Å². The average Bonchev–Trinajstić information content (AvgIpc) is 2.59. The number of aliphatic hydroxyl groups is 2. The summed E-state index contributed by atoms with van der Waals surface area (Å²) in [6, 6.07) is 0. The fraction of sp³-hybridized carbons (Fsp3) is 0.900. The summed E-state index contributed by atoms with van der Waals surface area (Å²) in [7, 11) is 0. The Bertz CT molecular complexity index is 371. The van der Waals surface area contributed by atoms with Crippen LogP contribution in [0.15, 0.2) is 0 Å². The van der Waals surface area contributed by atoms with Gasteiger partial charge in [-0.3, -0.25) is 9.59 Å². The van der Waals surface area contributed by atoms with E-state index >= 15 is 0 Å². The van der Waals surface area contributed by atoms with Gasteiger partial charge in [-0.05, 0) is 31.6 Å². The number of aliphatic carboxylic acids is 2. The van der Waals surface area contributed by atoms with Gasteiger partial charge < -0.3 is 20.4 Å². The molecule has 0 aliphatic heterocycles. The number of hydrogen-bond acceptors (Lipinski definition) is 4. The Morgan fingerprint density at radius 2 is 1.42 bits per heavy atom. The van der Waals surface area contributed by atoms with Crippen LogP contribution in [-0.4, -0.2) is 45.1 Å².